The molecule has 1 saturated heterocycles. The number of hydrogen-bond donors (Lipinski definition) is 3. The van der Waals surface area contributed by atoms with Gasteiger partial charge in [-0.15, -0.1) is 0 Å². The smallest absolute Gasteiger partial charge is 0.326 e. The van der Waals surface area contributed by atoms with Gasteiger partial charge in [0.25, 0.3) is 0 Å². The molecule has 1 aliphatic heterocycles. The van der Waals surface area contributed by atoms with Gasteiger partial charge in [0, 0.05) is 55.6 Å². The standard InChI is InChI=1S/C33H36ClFN4O5/c1-18-20(8-6-11-26(18)37-31(41)24-17-38(2)33(43)39(3)32(24)42)22-10-5-9-21(30(22)34)19-14-25(35)23(29(15-19)44-4)16-36-27-12-7-13-28(27)40/h5-6,8-11,14-15,24,27-28,36,40H,7,12-13,16-17H2,1-4H3,(H,37,41)/t24?,27-,28-/m1/s1. The fourth-order valence-corrected chi connectivity index (χ4v) is 6.32. The molecule has 44 heavy (non-hydrogen) atoms. The first kappa shape index (κ1) is 31.4. The predicted octanol–water partition coefficient (Wildman–Crippen LogP) is 5.21. The van der Waals surface area contributed by atoms with E-state index in [2.05, 4.69) is 10.6 Å². The normalized spacial score (nSPS) is 20.3. The summed E-state index contributed by atoms with van der Waals surface area (Å²) in [6.45, 7) is 2.04. The number of hydrogen-bond acceptors (Lipinski definition) is 6. The molecule has 1 heterocycles. The summed E-state index contributed by atoms with van der Waals surface area (Å²) in [7, 11) is 4.39. The molecule has 3 aromatic carbocycles. The molecule has 1 unspecified atom stereocenters. The van der Waals surface area contributed by atoms with Crippen LogP contribution >= 0.6 is 11.6 Å². The van der Waals surface area contributed by atoms with Crippen molar-refractivity contribution in [3.63, 3.8) is 0 Å². The highest BCUT2D eigenvalue weighted by atomic mass is 35.5. The van der Waals surface area contributed by atoms with Gasteiger partial charge in [0.15, 0.2) is 0 Å². The van der Waals surface area contributed by atoms with E-state index in [1.807, 2.05) is 25.1 Å². The maximum atomic E-state index is 15.5. The number of aliphatic hydroxyl groups excluding tert-OH is 1. The molecule has 0 aromatic heterocycles. The summed E-state index contributed by atoms with van der Waals surface area (Å²) in [5.41, 5.74) is 4.16. The summed E-state index contributed by atoms with van der Waals surface area (Å²) in [5.74, 6) is -2.19. The highest BCUT2D eigenvalue weighted by molar-refractivity contribution is 6.36. The third-order valence-electron chi connectivity index (χ3n) is 8.60. The Labute approximate surface area is 260 Å². The second-order valence-corrected chi connectivity index (χ2v) is 11.7. The number of carbonyl (C=O) groups excluding carboxylic acids is 3. The molecule has 1 saturated carbocycles. The molecule has 0 bridgehead atoms. The molecule has 9 nitrogen and oxygen atoms in total. The quantitative estimate of drug-likeness (QED) is 0.298. The Hall–Kier alpha value is -3.99. The van der Waals surface area contributed by atoms with Crippen LogP contribution in [0.5, 0.6) is 5.75 Å². The molecule has 0 spiro atoms. The van der Waals surface area contributed by atoms with Crippen LogP contribution in [0.4, 0.5) is 14.9 Å². The van der Waals surface area contributed by atoms with Gasteiger partial charge in [-0.25, -0.2) is 9.18 Å². The number of rotatable bonds is 8. The molecular formula is C33H36ClFN4O5. The number of urea groups is 1. The van der Waals surface area contributed by atoms with E-state index in [-0.39, 0.29) is 19.1 Å². The van der Waals surface area contributed by atoms with E-state index in [0.29, 0.717) is 38.7 Å². The maximum absolute atomic E-state index is 15.5. The highest BCUT2D eigenvalue weighted by Gasteiger charge is 2.39. The predicted molar refractivity (Wildman–Crippen MR) is 167 cm³/mol. The Morgan fingerprint density at radius 1 is 1.09 bits per heavy atom. The summed E-state index contributed by atoms with van der Waals surface area (Å²) < 4.78 is 21.0. The molecule has 1 aliphatic carbocycles. The number of nitrogens with zero attached hydrogens (tertiary/aromatic N) is 2. The lowest BCUT2D eigenvalue weighted by molar-refractivity contribution is -0.140. The SMILES string of the molecule is COc1cc(-c2cccc(-c3cccc(NC(=O)C4CN(C)C(=O)N(C)C4=O)c3C)c2Cl)cc(F)c1CN[C@@H]1CCC[C@H]1O. The lowest BCUT2D eigenvalue weighted by Gasteiger charge is -2.33. The molecule has 4 amide bonds. The zero-order valence-electron chi connectivity index (χ0n) is 25.1. The minimum absolute atomic E-state index is 0.0160. The van der Waals surface area contributed by atoms with Crippen molar-refractivity contribution < 1.29 is 28.6 Å². The van der Waals surface area contributed by atoms with Crippen molar-refractivity contribution >= 4 is 35.1 Å². The third-order valence-corrected chi connectivity index (χ3v) is 9.01. The van der Waals surface area contributed by atoms with Crippen LogP contribution in [0.1, 0.15) is 30.4 Å². The summed E-state index contributed by atoms with van der Waals surface area (Å²) in [6, 6.07) is 13.5. The van der Waals surface area contributed by atoms with Crippen LogP contribution < -0.4 is 15.4 Å². The van der Waals surface area contributed by atoms with Crippen molar-refractivity contribution in [1.82, 2.24) is 15.1 Å². The van der Waals surface area contributed by atoms with Crippen LogP contribution in [0.15, 0.2) is 48.5 Å². The summed E-state index contributed by atoms with van der Waals surface area (Å²) in [6.07, 6.45) is 2.06. The lowest BCUT2D eigenvalue weighted by atomic mass is 9.94. The van der Waals surface area contributed by atoms with Crippen molar-refractivity contribution in [2.45, 2.75) is 44.9 Å². The van der Waals surface area contributed by atoms with E-state index in [9.17, 15) is 19.5 Å². The molecule has 2 aliphatic rings. The largest absolute Gasteiger partial charge is 0.496 e. The average Bonchev–Trinajstić information content (AvgIpc) is 3.42. The molecular weight excluding hydrogens is 587 g/mol. The molecule has 2 fully saturated rings. The Kier molecular flexibility index (Phi) is 9.24. The van der Waals surface area contributed by atoms with E-state index in [4.69, 9.17) is 16.3 Å². The number of amides is 4. The molecule has 232 valence electrons. The molecule has 3 aromatic rings. The minimum Gasteiger partial charge on any atom is -0.496 e. The summed E-state index contributed by atoms with van der Waals surface area (Å²) in [5, 5.41) is 16.6. The number of ether oxygens (including phenoxy) is 1. The van der Waals surface area contributed by atoms with Crippen molar-refractivity contribution in [3.05, 3.63) is 70.5 Å². The zero-order chi connectivity index (χ0) is 31.7. The van der Waals surface area contributed by atoms with Gasteiger partial charge < -0.3 is 25.4 Å². The summed E-state index contributed by atoms with van der Waals surface area (Å²) >= 11 is 6.97. The number of halogens is 2. The summed E-state index contributed by atoms with van der Waals surface area (Å²) in [4.78, 5) is 40.2. The second kappa shape index (κ2) is 12.9. The van der Waals surface area contributed by atoms with Gasteiger partial charge in [0.1, 0.15) is 17.5 Å². The third kappa shape index (κ3) is 6.02. The number of carbonyl (C=O) groups is 3. The first-order valence-corrected chi connectivity index (χ1v) is 14.9. The monoisotopic (exact) mass is 622 g/mol. The second-order valence-electron chi connectivity index (χ2n) is 11.4. The van der Waals surface area contributed by atoms with E-state index < -0.39 is 35.7 Å². The molecule has 3 N–H and O–H groups in total. The Bertz CT molecular complexity index is 1620. The van der Waals surface area contributed by atoms with Crippen molar-refractivity contribution in [3.8, 4) is 28.0 Å². The Balaban J connectivity index is 1.42. The van der Waals surface area contributed by atoms with Crippen LogP contribution in [0.2, 0.25) is 5.02 Å². The molecule has 5 rings (SSSR count). The first-order chi connectivity index (χ1) is 21.0. The van der Waals surface area contributed by atoms with Crippen molar-refractivity contribution in [2.75, 3.05) is 33.1 Å². The maximum Gasteiger partial charge on any atom is 0.326 e. The van der Waals surface area contributed by atoms with Crippen molar-refractivity contribution in [1.29, 1.82) is 0 Å². The van der Waals surface area contributed by atoms with Crippen LogP contribution in [-0.2, 0) is 16.1 Å². The van der Waals surface area contributed by atoms with Gasteiger partial charge in [0.05, 0.1) is 18.2 Å². The Morgan fingerprint density at radius 2 is 1.80 bits per heavy atom. The molecule has 0 radical (unpaired) electrons. The van der Waals surface area contributed by atoms with E-state index in [1.165, 1.54) is 25.1 Å². The fraction of sp³-hybridized carbons (Fsp3) is 0.364. The van der Waals surface area contributed by atoms with Crippen LogP contribution in [-0.4, -0.2) is 72.6 Å². The molecule has 11 heteroatoms. The van der Waals surface area contributed by atoms with Crippen molar-refractivity contribution in [2.24, 2.45) is 5.92 Å². The van der Waals surface area contributed by atoms with Gasteiger partial charge in [-0.2, -0.15) is 0 Å². The number of nitrogens with one attached hydrogen (secondary N) is 2. The van der Waals surface area contributed by atoms with Gasteiger partial charge in [0.2, 0.25) is 11.8 Å². The molecule has 3 atom stereocenters. The highest BCUT2D eigenvalue weighted by Crippen LogP contribution is 2.41. The minimum atomic E-state index is -1.04. The topological polar surface area (TPSA) is 111 Å². The number of methoxy groups -OCH3 is 1. The number of aliphatic hydroxyl groups is 1. The van der Waals surface area contributed by atoms with Gasteiger partial charge >= 0.3 is 6.03 Å². The average molecular weight is 623 g/mol. The van der Waals surface area contributed by atoms with Crippen LogP contribution in [0.3, 0.4) is 0 Å². The number of imide groups is 1. The van der Waals surface area contributed by atoms with E-state index >= 15 is 4.39 Å². The number of anilines is 1. The first-order valence-electron chi connectivity index (χ1n) is 14.5. The fourth-order valence-electron chi connectivity index (χ4n) is 5.99. The lowest BCUT2D eigenvalue weighted by Crippen LogP contribution is -2.56. The van der Waals surface area contributed by atoms with Crippen LogP contribution in [0, 0.1) is 18.7 Å². The Morgan fingerprint density at radius 3 is 2.50 bits per heavy atom. The van der Waals surface area contributed by atoms with Gasteiger partial charge in [-0.05, 0) is 61.1 Å². The van der Waals surface area contributed by atoms with Gasteiger partial charge in [-0.1, -0.05) is 41.9 Å². The number of benzene rings is 3. The van der Waals surface area contributed by atoms with Gasteiger partial charge in [-0.3, -0.25) is 14.5 Å². The van der Waals surface area contributed by atoms with E-state index in [1.54, 1.807) is 31.3 Å². The van der Waals surface area contributed by atoms with E-state index in [0.717, 1.165) is 35.3 Å². The van der Waals surface area contributed by atoms with Crippen LogP contribution in [0.25, 0.3) is 22.3 Å². The zero-order valence-corrected chi connectivity index (χ0v) is 25.9.